The Morgan fingerprint density at radius 1 is 1.00 bits per heavy atom. The van der Waals surface area contributed by atoms with Crippen molar-refractivity contribution in [3.63, 3.8) is 0 Å². The monoisotopic (exact) mass is 295 g/mol. The van der Waals surface area contributed by atoms with Gasteiger partial charge in [-0.1, -0.05) is 12.1 Å². The maximum absolute atomic E-state index is 13.9. The van der Waals surface area contributed by atoms with Gasteiger partial charge in [0.2, 0.25) is 0 Å². The summed E-state index contributed by atoms with van der Waals surface area (Å²) in [7, 11) is 0. The number of nitrogens with two attached hydrogens (primary N) is 1. The smallest absolute Gasteiger partial charge is 0.129 e. The summed E-state index contributed by atoms with van der Waals surface area (Å²) in [4.78, 5) is 0. The van der Waals surface area contributed by atoms with E-state index in [0.29, 0.717) is 11.1 Å². The normalized spacial score (nSPS) is 14.0. The molecule has 0 amide bonds. The zero-order valence-electron chi connectivity index (χ0n) is 11.5. The van der Waals surface area contributed by atoms with Crippen LogP contribution < -0.4 is 5.73 Å². The van der Waals surface area contributed by atoms with Gasteiger partial charge < -0.3 is 10.8 Å². The van der Waals surface area contributed by atoms with E-state index in [1.54, 1.807) is 6.92 Å². The minimum atomic E-state index is -1.10. The van der Waals surface area contributed by atoms with E-state index in [2.05, 4.69) is 0 Å². The van der Waals surface area contributed by atoms with Gasteiger partial charge in [-0.3, -0.25) is 0 Å². The van der Waals surface area contributed by atoms with Crippen LogP contribution in [0.1, 0.15) is 28.7 Å². The Kier molecular flexibility index (Phi) is 4.65. The van der Waals surface area contributed by atoms with Crippen molar-refractivity contribution >= 4 is 0 Å². The quantitative estimate of drug-likeness (QED) is 0.910. The molecule has 0 aliphatic heterocycles. The van der Waals surface area contributed by atoms with Crippen molar-refractivity contribution in [2.24, 2.45) is 5.73 Å². The molecule has 0 saturated carbocycles. The fourth-order valence-electron chi connectivity index (χ4n) is 2.42. The Bertz CT molecular complexity index is 645. The highest BCUT2D eigenvalue weighted by atomic mass is 19.1. The van der Waals surface area contributed by atoms with Crippen molar-refractivity contribution in [1.29, 1.82) is 0 Å². The SMILES string of the molecule is Cc1cc(F)ccc1C(O)C(CN)c1ccc(F)cc1F. The van der Waals surface area contributed by atoms with Gasteiger partial charge in [0.05, 0.1) is 6.10 Å². The lowest BCUT2D eigenvalue weighted by Gasteiger charge is -2.24. The number of aliphatic hydroxyl groups excluding tert-OH is 1. The molecule has 0 radical (unpaired) electrons. The molecule has 2 aromatic rings. The molecule has 5 heteroatoms. The average molecular weight is 295 g/mol. The molecule has 2 rings (SSSR count). The predicted molar refractivity (Wildman–Crippen MR) is 74.3 cm³/mol. The van der Waals surface area contributed by atoms with Crippen LogP contribution in [0.3, 0.4) is 0 Å². The number of hydrogen-bond acceptors (Lipinski definition) is 2. The largest absolute Gasteiger partial charge is 0.388 e. The first-order valence-electron chi connectivity index (χ1n) is 6.53. The van der Waals surface area contributed by atoms with Crippen LogP contribution in [-0.4, -0.2) is 11.7 Å². The molecule has 2 nitrogen and oxygen atoms in total. The van der Waals surface area contributed by atoms with Crippen LogP contribution in [0, 0.1) is 24.4 Å². The molecule has 3 N–H and O–H groups in total. The highest BCUT2D eigenvalue weighted by Gasteiger charge is 2.25. The molecule has 0 aliphatic rings. The van der Waals surface area contributed by atoms with Crippen molar-refractivity contribution < 1.29 is 18.3 Å². The van der Waals surface area contributed by atoms with Crippen molar-refractivity contribution in [1.82, 2.24) is 0 Å². The summed E-state index contributed by atoms with van der Waals surface area (Å²) >= 11 is 0. The molecule has 0 saturated heterocycles. The summed E-state index contributed by atoms with van der Waals surface area (Å²) in [6, 6.07) is 7.09. The molecule has 0 aromatic heterocycles. The molecule has 0 spiro atoms. The third kappa shape index (κ3) is 3.25. The second-order valence-corrected chi connectivity index (χ2v) is 4.95. The molecular formula is C16H16F3NO. The van der Waals surface area contributed by atoms with Crippen LogP contribution in [0.2, 0.25) is 0 Å². The summed E-state index contributed by atoms with van der Waals surface area (Å²) in [6.07, 6.45) is -1.10. The molecule has 2 unspecified atom stereocenters. The zero-order valence-corrected chi connectivity index (χ0v) is 11.5. The van der Waals surface area contributed by atoms with Gasteiger partial charge >= 0.3 is 0 Å². The summed E-state index contributed by atoms with van der Waals surface area (Å²) in [5.74, 6) is -2.61. The molecular weight excluding hydrogens is 279 g/mol. The number of halogens is 3. The highest BCUT2D eigenvalue weighted by molar-refractivity contribution is 5.33. The molecule has 0 bridgehead atoms. The molecule has 2 aromatic carbocycles. The predicted octanol–water partition coefficient (Wildman–Crippen LogP) is 3.19. The summed E-state index contributed by atoms with van der Waals surface area (Å²) in [6.45, 7) is 1.62. The molecule has 2 atom stereocenters. The number of hydrogen-bond donors (Lipinski definition) is 2. The molecule has 112 valence electrons. The van der Waals surface area contributed by atoms with Gasteiger partial charge in [0, 0.05) is 18.5 Å². The molecule has 0 fully saturated rings. The maximum Gasteiger partial charge on any atom is 0.129 e. The van der Waals surface area contributed by atoms with Crippen LogP contribution in [-0.2, 0) is 0 Å². The van der Waals surface area contributed by atoms with E-state index in [-0.39, 0.29) is 12.1 Å². The lowest BCUT2D eigenvalue weighted by atomic mass is 9.87. The first-order chi connectivity index (χ1) is 9.93. The third-order valence-corrected chi connectivity index (χ3v) is 3.55. The first-order valence-corrected chi connectivity index (χ1v) is 6.53. The van der Waals surface area contributed by atoms with E-state index in [4.69, 9.17) is 5.73 Å². The highest BCUT2D eigenvalue weighted by Crippen LogP contribution is 2.33. The minimum Gasteiger partial charge on any atom is -0.388 e. The number of benzene rings is 2. The van der Waals surface area contributed by atoms with Gasteiger partial charge in [0.15, 0.2) is 0 Å². The van der Waals surface area contributed by atoms with Crippen molar-refractivity contribution in [2.75, 3.05) is 6.54 Å². The zero-order chi connectivity index (χ0) is 15.6. The number of rotatable bonds is 4. The van der Waals surface area contributed by atoms with Gasteiger partial charge in [0.25, 0.3) is 0 Å². The van der Waals surface area contributed by atoms with Gasteiger partial charge in [-0.05, 0) is 41.8 Å². The number of aliphatic hydroxyl groups is 1. The minimum absolute atomic E-state index is 0.0272. The van der Waals surface area contributed by atoms with Crippen molar-refractivity contribution in [3.05, 3.63) is 70.5 Å². The van der Waals surface area contributed by atoms with E-state index in [1.165, 1.54) is 24.3 Å². The summed E-state index contributed by atoms with van der Waals surface area (Å²) in [5.41, 5.74) is 6.78. The Hall–Kier alpha value is -1.85. The molecule has 0 aliphatic carbocycles. The van der Waals surface area contributed by atoms with Gasteiger partial charge in [-0.15, -0.1) is 0 Å². The van der Waals surface area contributed by atoms with Crippen molar-refractivity contribution in [2.45, 2.75) is 18.9 Å². The first kappa shape index (κ1) is 15.5. The lowest BCUT2D eigenvalue weighted by molar-refractivity contribution is 0.145. The Morgan fingerprint density at radius 3 is 2.10 bits per heavy atom. The van der Waals surface area contributed by atoms with Crippen LogP contribution >= 0.6 is 0 Å². The topological polar surface area (TPSA) is 46.2 Å². The Labute approximate surface area is 121 Å². The Morgan fingerprint density at radius 2 is 1.57 bits per heavy atom. The average Bonchev–Trinajstić information content (AvgIpc) is 2.41. The van der Waals surface area contributed by atoms with E-state index in [0.717, 1.165) is 12.1 Å². The van der Waals surface area contributed by atoms with Gasteiger partial charge in [0.1, 0.15) is 17.5 Å². The fourth-order valence-corrected chi connectivity index (χ4v) is 2.42. The number of aryl methyl sites for hydroxylation is 1. The second-order valence-electron chi connectivity index (χ2n) is 4.95. The second kappa shape index (κ2) is 6.28. The van der Waals surface area contributed by atoms with Crippen molar-refractivity contribution in [3.8, 4) is 0 Å². The van der Waals surface area contributed by atoms with E-state index in [9.17, 15) is 18.3 Å². The standard InChI is InChI=1S/C16H16F3NO/c1-9-6-10(17)2-4-12(9)16(21)14(8-20)13-5-3-11(18)7-15(13)19/h2-7,14,16,21H,8,20H2,1H3. The molecule has 21 heavy (non-hydrogen) atoms. The van der Waals surface area contributed by atoms with Crippen LogP contribution in [0.15, 0.2) is 36.4 Å². The van der Waals surface area contributed by atoms with Gasteiger partial charge in [-0.2, -0.15) is 0 Å². The summed E-state index contributed by atoms with van der Waals surface area (Å²) < 4.78 is 40.0. The summed E-state index contributed by atoms with van der Waals surface area (Å²) in [5, 5.41) is 10.4. The van der Waals surface area contributed by atoms with Crippen LogP contribution in [0.4, 0.5) is 13.2 Å². The third-order valence-electron chi connectivity index (χ3n) is 3.55. The van der Waals surface area contributed by atoms with E-state index >= 15 is 0 Å². The fraction of sp³-hybridized carbons (Fsp3) is 0.250. The van der Waals surface area contributed by atoms with Crippen LogP contribution in [0.25, 0.3) is 0 Å². The van der Waals surface area contributed by atoms with Gasteiger partial charge in [-0.25, -0.2) is 13.2 Å². The Balaban J connectivity index is 2.40. The van der Waals surface area contributed by atoms with Crippen LogP contribution in [0.5, 0.6) is 0 Å². The van der Waals surface area contributed by atoms with E-state index < -0.39 is 29.5 Å². The van der Waals surface area contributed by atoms with E-state index in [1.807, 2.05) is 0 Å². The maximum atomic E-state index is 13.9. The lowest BCUT2D eigenvalue weighted by Crippen LogP contribution is -2.22. The molecule has 0 heterocycles.